The molecule has 1 heterocycles. The Morgan fingerprint density at radius 3 is 2.89 bits per heavy atom. The van der Waals surface area contributed by atoms with Crippen LogP contribution < -0.4 is 10.6 Å². The Morgan fingerprint density at radius 1 is 1.50 bits per heavy atom. The summed E-state index contributed by atoms with van der Waals surface area (Å²) in [6, 6.07) is 0.460. The highest BCUT2D eigenvalue weighted by Gasteiger charge is 2.31. The summed E-state index contributed by atoms with van der Waals surface area (Å²) in [6.45, 7) is 7.43. The molecule has 1 unspecified atom stereocenters. The zero-order valence-corrected chi connectivity index (χ0v) is 12.0. The van der Waals surface area contributed by atoms with E-state index < -0.39 is 0 Å². The first-order valence-electron chi connectivity index (χ1n) is 6.53. The molecule has 18 heavy (non-hydrogen) atoms. The standard InChI is InChI=1S/C13H21ClN4/c1-4-15-12-16-8-10(14)11(18-12)17-9-5-6-13(2,3)7-9/h8-9H,4-7H2,1-3H3,(H2,15,16,17,18). The number of nitrogens with zero attached hydrogens (tertiary/aromatic N) is 2. The first kappa shape index (κ1) is 13.4. The fraction of sp³-hybridized carbons (Fsp3) is 0.692. The molecule has 1 aliphatic rings. The predicted octanol–water partition coefficient (Wildman–Crippen LogP) is 3.55. The summed E-state index contributed by atoms with van der Waals surface area (Å²) in [5.74, 6) is 1.37. The average molecular weight is 269 g/mol. The van der Waals surface area contributed by atoms with Crippen LogP contribution in [0.15, 0.2) is 6.20 Å². The molecule has 1 fully saturated rings. The number of hydrogen-bond acceptors (Lipinski definition) is 4. The highest BCUT2D eigenvalue weighted by Crippen LogP contribution is 2.38. The quantitative estimate of drug-likeness (QED) is 0.877. The van der Waals surface area contributed by atoms with Gasteiger partial charge in [0.25, 0.3) is 0 Å². The topological polar surface area (TPSA) is 49.8 Å². The lowest BCUT2D eigenvalue weighted by Gasteiger charge is -2.18. The summed E-state index contributed by atoms with van der Waals surface area (Å²) >= 11 is 6.13. The van der Waals surface area contributed by atoms with Crippen molar-refractivity contribution in [2.75, 3.05) is 17.2 Å². The van der Waals surface area contributed by atoms with Gasteiger partial charge in [0.1, 0.15) is 5.02 Å². The van der Waals surface area contributed by atoms with E-state index in [1.807, 2.05) is 6.92 Å². The van der Waals surface area contributed by atoms with Crippen molar-refractivity contribution >= 4 is 23.4 Å². The molecule has 4 nitrogen and oxygen atoms in total. The van der Waals surface area contributed by atoms with E-state index in [1.54, 1.807) is 6.20 Å². The molecule has 0 aromatic carbocycles. The van der Waals surface area contributed by atoms with Gasteiger partial charge in [0.15, 0.2) is 5.82 Å². The Morgan fingerprint density at radius 2 is 2.28 bits per heavy atom. The van der Waals surface area contributed by atoms with Crippen molar-refractivity contribution in [3.05, 3.63) is 11.2 Å². The van der Waals surface area contributed by atoms with Crippen molar-refractivity contribution < 1.29 is 0 Å². The predicted molar refractivity (Wildman–Crippen MR) is 76.2 cm³/mol. The Hall–Kier alpha value is -1.03. The number of nitrogens with one attached hydrogen (secondary N) is 2. The highest BCUT2D eigenvalue weighted by molar-refractivity contribution is 6.32. The Balaban J connectivity index is 2.06. The third-order valence-corrected chi connectivity index (χ3v) is 3.66. The van der Waals surface area contributed by atoms with Gasteiger partial charge in [0.2, 0.25) is 5.95 Å². The molecule has 0 aliphatic heterocycles. The van der Waals surface area contributed by atoms with Crippen LogP contribution in [0.5, 0.6) is 0 Å². The number of rotatable bonds is 4. The minimum absolute atomic E-state index is 0.418. The van der Waals surface area contributed by atoms with Gasteiger partial charge < -0.3 is 10.6 Å². The maximum Gasteiger partial charge on any atom is 0.224 e. The number of anilines is 2. The summed E-state index contributed by atoms with van der Waals surface area (Å²) in [6.07, 6.45) is 5.22. The molecule has 1 aromatic heterocycles. The summed E-state index contributed by atoms with van der Waals surface area (Å²) in [5, 5.41) is 7.12. The van der Waals surface area contributed by atoms with Crippen LogP contribution in [0.4, 0.5) is 11.8 Å². The van der Waals surface area contributed by atoms with E-state index in [9.17, 15) is 0 Å². The van der Waals surface area contributed by atoms with E-state index in [0.29, 0.717) is 22.4 Å². The third-order valence-electron chi connectivity index (χ3n) is 3.39. The number of aromatic nitrogens is 2. The molecule has 1 aliphatic carbocycles. The molecule has 0 amide bonds. The van der Waals surface area contributed by atoms with Crippen molar-refractivity contribution in [3.8, 4) is 0 Å². The fourth-order valence-electron chi connectivity index (χ4n) is 2.46. The second kappa shape index (κ2) is 5.31. The van der Waals surface area contributed by atoms with Gasteiger partial charge in [-0.15, -0.1) is 0 Å². The lowest BCUT2D eigenvalue weighted by molar-refractivity contribution is 0.378. The Labute approximate surface area is 114 Å². The van der Waals surface area contributed by atoms with Crippen LogP contribution in [0.2, 0.25) is 5.02 Å². The number of hydrogen-bond donors (Lipinski definition) is 2. The summed E-state index contributed by atoms with van der Waals surface area (Å²) < 4.78 is 0. The van der Waals surface area contributed by atoms with Crippen molar-refractivity contribution in [2.24, 2.45) is 5.41 Å². The van der Waals surface area contributed by atoms with E-state index in [0.717, 1.165) is 18.8 Å². The molecule has 5 heteroatoms. The van der Waals surface area contributed by atoms with Crippen LogP contribution in [0, 0.1) is 5.41 Å². The van der Waals surface area contributed by atoms with E-state index in [2.05, 4.69) is 34.4 Å². The van der Waals surface area contributed by atoms with Crippen LogP contribution in [-0.4, -0.2) is 22.6 Å². The molecule has 0 radical (unpaired) electrons. The normalized spacial score (nSPS) is 21.9. The second-order valence-electron chi connectivity index (χ2n) is 5.67. The first-order chi connectivity index (χ1) is 8.50. The van der Waals surface area contributed by atoms with Gasteiger partial charge in [-0.25, -0.2) is 4.98 Å². The summed E-state index contributed by atoms with van der Waals surface area (Å²) in [4.78, 5) is 8.55. The molecular weight excluding hydrogens is 248 g/mol. The van der Waals surface area contributed by atoms with Crippen molar-refractivity contribution in [2.45, 2.75) is 46.1 Å². The minimum atomic E-state index is 0.418. The molecule has 2 rings (SSSR count). The Kier molecular flexibility index (Phi) is 3.95. The molecule has 0 saturated heterocycles. The molecule has 1 atom stereocenters. The van der Waals surface area contributed by atoms with Crippen molar-refractivity contribution in [3.63, 3.8) is 0 Å². The second-order valence-corrected chi connectivity index (χ2v) is 6.08. The van der Waals surface area contributed by atoms with Crippen LogP contribution in [0.25, 0.3) is 0 Å². The molecule has 100 valence electrons. The van der Waals surface area contributed by atoms with Gasteiger partial charge >= 0.3 is 0 Å². The molecule has 1 saturated carbocycles. The first-order valence-corrected chi connectivity index (χ1v) is 6.91. The molecular formula is C13H21ClN4. The monoisotopic (exact) mass is 268 g/mol. The van der Waals surface area contributed by atoms with Crippen molar-refractivity contribution in [1.82, 2.24) is 9.97 Å². The van der Waals surface area contributed by atoms with Gasteiger partial charge in [0, 0.05) is 12.6 Å². The molecule has 0 spiro atoms. The summed E-state index contributed by atoms with van der Waals surface area (Å²) in [7, 11) is 0. The Bertz CT molecular complexity index is 419. The average Bonchev–Trinajstić information content (AvgIpc) is 2.63. The van der Waals surface area contributed by atoms with Gasteiger partial charge in [-0.3, -0.25) is 0 Å². The van der Waals surface area contributed by atoms with Crippen LogP contribution >= 0.6 is 11.6 Å². The van der Waals surface area contributed by atoms with Crippen LogP contribution in [0.1, 0.15) is 40.0 Å². The lowest BCUT2D eigenvalue weighted by atomic mass is 9.92. The SMILES string of the molecule is CCNc1ncc(Cl)c(NC2CCC(C)(C)C2)n1. The molecule has 2 N–H and O–H groups in total. The molecule has 1 aromatic rings. The maximum absolute atomic E-state index is 6.13. The lowest BCUT2D eigenvalue weighted by Crippen LogP contribution is -2.19. The van der Waals surface area contributed by atoms with E-state index in [4.69, 9.17) is 11.6 Å². The summed E-state index contributed by atoms with van der Waals surface area (Å²) in [5.41, 5.74) is 0.418. The van der Waals surface area contributed by atoms with Gasteiger partial charge in [0.05, 0.1) is 6.20 Å². The molecule has 0 bridgehead atoms. The largest absolute Gasteiger partial charge is 0.366 e. The third kappa shape index (κ3) is 3.25. The van der Waals surface area contributed by atoms with Gasteiger partial charge in [-0.05, 0) is 31.6 Å². The van der Waals surface area contributed by atoms with Crippen LogP contribution in [-0.2, 0) is 0 Å². The van der Waals surface area contributed by atoms with E-state index >= 15 is 0 Å². The van der Waals surface area contributed by atoms with E-state index in [1.165, 1.54) is 12.8 Å². The fourth-order valence-corrected chi connectivity index (χ4v) is 2.61. The highest BCUT2D eigenvalue weighted by atomic mass is 35.5. The van der Waals surface area contributed by atoms with Gasteiger partial charge in [-0.1, -0.05) is 25.4 Å². The zero-order chi connectivity index (χ0) is 13.2. The minimum Gasteiger partial charge on any atom is -0.366 e. The maximum atomic E-state index is 6.13. The van der Waals surface area contributed by atoms with E-state index in [-0.39, 0.29) is 0 Å². The van der Waals surface area contributed by atoms with Gasteiger partial charge in [-0.2, -0.15) is 4.98 Å². The van der Waals surface area contributed by atoms with Crippen LogP contribution in [0.3, 0.4) is 0 Å². The number of halogens is 1. The zero-order valence-electron chi connectivity index (χ0n) is 11.3. The van der Waals surface area contributed by atoms with Crippen molar-refractivity contribution in [1.29, 1.82) is 0 Å². The smallest absolute Gasteiger partial charge is 0.224 e.